The van der Waals surface area contributed by atoms with Crippen molar-refractivity contribution in [1.82, 2.24) is 24.9 Å². The number of piperazine rings is 1. The molecule has 146 valence electrons. The maximum Gasteiger partial charge on any atom is 0.175 e. The van der Waals surface area contributed by atoms with Gasteiger partial charge in [0.1, 0.15) is 0 Å². The zero-order valence-corrected chi connectivity index (χ0v) is 16.6. The van der Waals surface area contributed by atoms with Crippen LogP contribution in [-0.4, -0.2) is 51.1 Å². The minimum atomic E-state index is 0.747. The van der Waals surface area contributed by atoms with Crippen LogP contribution in [0.2, 0.25) is 0 Å². The number of anilines is 1. The van der Waals surface area contributed by atoms with Crippen LogP contribution in [0.1, 0.15) is 11.3 Å². The quantitative estimate of drug-likeness (QED) is 0.539. The van der Waals surface area contributed by atoms with E-state index in [1.165, 1.54) is 16.3 Å². The molecule has 0 aliphatic carbocycles. The van der Waals surface area contributed by atoms with Gasteiger partial charge in [0.15, 0.2) is 11.6 Å². The second-order valence-corrected chi connectivity index (χ2v) is 7.60. The standard InChI is InChI=1S/C23H24N6/c1-18-10-11-29(26-18)23-9-8-22(24-25-23)28-14-12-27(13-15-28)17-19-6-7-20-4-2-3-5-21(20)16-19/h2-11,16H,12-15,17H2,1H3. The molecule has 6 nitrogen and oxygen atoms in total. The van der Waals surface area contributed by atoms with E-state index < -0.39 is 0 Å². The summed E-state index contributed by atoms with van der Waals surface area (Å²) in [5.74, 6) is 1.68. The van der Waals surface area contributed by atoms with Crippen LogP contribution in [0.4, 0.5) is 5.82 Å². The van der Waals surface area contributed by atoms with E-state index in [1.807, 2.05) is 31.3 Å². The lowest BCUT2D eigenvalue weighted by Crippen LogP contribution is -2.46. The monoisotopic (exact) mass is 384 g/mol. The molecule has 3 heterocycles. The fourth-order valence-corrected chi connectivity index (χ4v) is 3.88. The molecule has 0 saturated carbocycles. The molecule has 6 heteroatoms. The topological polar surface area (TPSA) is 50.1 Å². The summed E-state index contributed by atoms with van der Waals surface area (Å²) in [5.41, 5.74) is 2.34. The van der Waals surface area contributed by atoms with Gasteiger partial charge >= 0.3 is 0 Å². The second-order valence-electron chi connectivity index (χ2n) is 7.60. The normalized spacial score (nSPS) is 15.1. The van der Waals surface area contributed by atoms with Gasteiger partial charge in [-0.25, -0.2) is 4.68 Å². The number of hydrogen-bond donors (Lipinski definition) is 0. The van der Waals surface area contributed by atoms with E-state index in [-0.39, 0.29) is 0 Å². The maximum atomic E-state index is 4.43. The molecular formula is C23H24N6. The SMILES string of the molecule is Cc1ccn(-c2ccc(N3CCN(Cc4ccc5ccccc5c4)CC3)nn2)n1. The summed E-state index contributed by atoms with van der Waals surface area (Å²) in [6.45, 7) is 6.92. The molecule has 2 aromatic heterocycles. The molecule has 1 fully saturated rings. The minimum Gasteiger partial charge on any atom is -0.353 e. The van der Waals surface area contributed by atoms with Gasteiger partial charge in [-0.1, -0.05) is 36.4 Å². The number of aromatic nitrogens is 4. The van der Waals surface area contributed by atoms with E-state index in [4.69, 9.17) is 0 Å². The average Bonchev–Trinajstić information content (AvgIpc) is 3.21. The molecule has 0 amide bonds. The Morgan fingerprint density at radius 2 is 1.55 bits per heavy atom. The largest absolute Gasteiger partial charge is 0.353 e. The Hall–Kier alpha value is -3.25. The van der Waals surface area contributed by atoms with Gasteiger partial charge in [0.2, 0.25) is 0 Å². The van der Waals surface area contributed by atoms with Crippen LogP contribution >= 0.6 is 0 Å². The van der Waals surface area contributed by atoms with Crippen LogP contribution in [0.5, 0.6) is 0 Å². The Kier molecular flexibility index (Phi) is 4.69. The molecule has 1 aliphatic rings. The molecule has 5 rings (SSSR count). The van der Waals surface area contributed by atoms with Gasteiger partial charge in [-0.2, -0.15) is 5.10 Å². The summed E-state index contributed by atoms with van der Waals surface area (Å²) in [6, 6.07) is 21.3. The molecule has 0 radical (unpaired) electrons. The van der Waals surface area contributed by atoms with E-state index in [1.54, 1.807) is 4.68 Å². The van der Waals surface area contributed by atoms with Gasteiger partial charge in [0.05, 0.1) is 5.69 Å². The number of aryl methyl sites for hydroxylation is 1. The maximum absolute atomic E-state index is 4.43. The van der Waals surface area contributed by atoms with Crippen molar-refractivity contribution >= 4 is 16.6 Å². The molecule has 4 aromatic rings. The zero-order valence-electron chi connectivity index (χ0n) is 16.6. The fraction of sp³-hybridized carbons (Fsp3) is 0.261. The van der Waals surface area contributed by atoms with E-state index in [9.17, 15) is 0 Å². The van der Waals surface area contributed by atoms with E-state index in [0.29, 0.717) is 0 Å². The Morgan fingerprint density at radius 3 is 2.28 bits per heavy atom. The number of rotatable bonds is 4. The number of benzene rings is 2. The van der Waals surface area contributed by atoms with Gasteiger partial charge in [-0.3, -0.25) is 4.90 Å². The number of hydrogen-bond acceptors (Lipinski definition) is 5. The third kappa shape index (κ3) is 3.84. The summed E-state index contributed by atoms with van der Waals surface area (Å²) >= 11 is 0. The van der Waals surface area contributed by atoms with E-state index in [2.05, 4.69) is 67.6 Å². The summed E-state index contributed by atoms with van der Waals surface area (Å²) < 4.78 is 1.76. The van der Waals surface area contributed by atoms with Crippen LogP contribution in [0.15, 0.2) is 66.9 Å². The third-order valence-electron chi connectivity index (χ3n) is 5.51. The van der Waals surface area contributed by atoms with Gasteiger partial charge in [-0.15, -0.1) is 10.2 Å². The minimum absolute atomic E-state index is 0.747. The lowest BCUT2D eigenvalue weighted by molar-refractivity contribution is 0.249. The molecule has 29 heavy (non-hydrogen) atoms. The number of nitrogens with zero attached hydrogens (tertiary/aromatic N) is 6. The van der Waals surface area contributed by atoms with Crippen molar-refractivity contribution in [3.05, 3.63) is 78.1 Å². The first-order chi connectivity index (χ1) is 14.2. The van der Waals surface area contributed by atoms with Crippen molar-refractivity contribution < 1.29 is 0 Å². The van der Waals surface area contributed by atoms with Crippen molar-refractivity contribution in [3.63, 3.8) is 0 Å². The molecule has 0 N–H and O–H groups in total. The van der Waals surface area contributed by atoms with Gasteiger partial charge < -0.3 is 4.90 Å². The van der Waals surface area contributed by atoms with Crippen molar-refractivity contribution in [2.75, 3.05) is 31.1 Å². The third-order valence-corrected chi connectivity index (χ3v) is 5.51. The molecule has 0 bridgehead atoms. The van der Waals surface area contributed by atoms with Gasteiger partial charge in [0.25, 0.3) is 0 Å². The van der Waals surface area contributed by atoms with Crippen LogP contribution in [0.3, 0.4) is 0 Å². The lowest BCUT2D eigenvalue weighted by atomic mass is 10.1. The van der Waals surface area contributed by atoms with Crippen LogP contribution in [-0.2, 0) is 6.54 Å². The molecule has 1 aliphatic heterocycles. The summed E-state index contributed by atoms with van der Waals surface area (Å²) in [7, 11) is 0. The van der Waals surface area contributed by atoms with Crippen LogP contribution in [0.25, 0.3) is 16.6 Å². The summed E-state index contributed by atoms with van der Waals surface area (Å²) in [5, 5.41) is 15.8. The molecule has 0 spiro atoms. The highest BCUT2D eigenvalue weighted by Gasteiger charge is 2.18. The van der Waals surface area contributed by atoms with Crippen molar-refractivity contribution in [3.8, 4) is 5.82 Å². The second kappa shape index (κ2) is 7.64. The molecule has 0 unspecified atom stereocenters. The van der Waals surface area contributed by atoms with E-state index >= 15 is 0 Å². The highest BCUT2D eigenvalue weighted by molar-refractivity contribution is 5.82. The first kappa shape index (κ1) is 17.8. The average molecular weight is 384 g/mol. The Bertz CT molecular complexity index is 1110. The smallest absolute Gasteiger partial charge is 0.175 e. The van der Waals surface area contributed by atoms with Crippen molar-refractivity contribution in [2.45, 2.75) is 13.5 Å². The number of fused-ring (bicyclic) bond motifs is 1. The van der Waals surface area contributed by atoms with E-state index in [0.717, 1.165) is 50.1 Å². The van der Waals surface area contributed by atoms with Crippen LogP contribution < -0.4 is 4.90 Å². The molecule has 2 aromatic carbocycles. The summed E-state index contributed by atoms with van der Waals surface area (Å²) in [6.07, 6.45) is 1.91. The van der Waals surface area contributed by atoms with Crippen molar-refractivity contribution in [1.29, 1.82) is 0 Å². The van der Waals surface area contributed by atoms with Crippen LogP contribution in [0, 0.1) is 6.92 Å². The predicted octanol–water partition coefficient (Wildman–Crippen LogP) is 3.45. The Balaban J connectivity index is 1.20. The van der Waals surface area contributed by atoms with Crippen molar-refractivity contribution in [2.24, 2.45) is 0 Å². The Morgan fingerprint density at radius 1 is 0.793 bits per heavy atom. The molecular weight excluding hydrogens is 360 g/mol. The predicted molar refractivity (Wildman–Crippen MR) is 115 cm³/mol. The molecule has 1 saturated heterocycles. The van der Waals surface area contributed by atoms with Gasteiger partial charge in [0, 0.05) is 38.9 Å². The highest BCUT2D eigenvalue weighted by atomic mass is 15.4. The molecule has 0 atom stereocenters. The Labute approximate surface area is 170 Å². The highest BCUT2D eigenvalue weighted by Crippen LogP contribution is 2.19. The zero-order chi connectivity index (χ0) is 19.6. The summed E-state index contributed by atoms with van der Waals surface area (Å²) in [4.78, 5) is 4.82. The van der Waals surface area contributed by atoms with Gasteiger partial charge in [-0.05, 0) is 47.5 Å². The first-order valence-corrected chi connectivity index (χ1v) is 10.1. The fourth-order valence-electron chi connectivity index (χ4n) is 3.88. The first-order valence-electron chi connectivity index (χ1n) is 10.1. The lowest BCUT2D eigenvalue weighted by Gasteiger charge is -2.35.